The summed E-state index contributed by atoms with van der Waals surface area (Å²) in [7, 11) is -3.84. The Morgan fingerprint density at radius 1 is 0.889 bits per heavy atom. The van der Waals surface area contributed by atoms with E-state index in [0.29, 0.717) is 12.3 Å². The molecule has 18 heavy (non-hydrogen) atoms. The van der Waals surface area contributed by atoms with Gasteiger partial charge in [-0.25, -0.2) is 0 Å². The monoisotopic (exact) mass is 278 g/mol. The summed E-state index contributed by atoms with van der Waals surface area (Å²) in [6, 6.07) is 0. The highest BCUT2D eigenvalue weighted by atomic mass is 32.2. The lowest BCUT2D eigenvalue weighted by molar-refractivity contribution is 0.397. The maximum atomic E-state index is 10.9. The molecule has 0 saturated heterocycles. The maximum Gasteiger partial charge on any atom is 0.267 e. The molecule has 4 heteroatoms. The number of hydrogen-bond acceptors (Lipinski definition) is 2. The zero-order valence-corrected chi connectivity index (χ0v) is 13.2. The summed E-state index contributed by atoms with van der Waals surface area (Å²) in [4.78, 5) is 0. The molecule has 1 N–H and O–H groups in total. The molecule has 0 aliphatic carbocycles. The Kier molecular flexibility index (Phi) is 8.87. The van der Waals surface area contributed by atoms with Gasteiger partial charge in [0.25, 0.3) is 10.1 Å². The molecular weight excluding hydrogens is 248 g/mol. The first-order valence-corrected chi connectivity index (χ1v) is 8.74. The molecular formula is C14H30O3S. The van der Waals surface area contributed by atoms with Crippen LogP contribution in [0.1, 0.15) is 72.6 Å². The van der Waals surface area contributed by atoms with Gasteiger partial charge in [0.1, 0.15) is 0 Å². The van der Waals surface area contributed by atoms with Crippen LogP contribution in [0.4, 0.5) is 0 Å². The molecule has 0 aromatic rings. The van der Waals surface area contributed by atoms with Crippen molar-refractivity contribution >= 4 is 10.1 Å². The van der Waals surface area contributed by atoms with Crippen LogP contribution in [-0.2, 0) is 10.1 Å². The van der Waals surface area contributed by atoms with Crippen molar-refractivity contribution in [3.05, 3.63) is 0 Å². The van der Waals surface area contributed by atoms with Crippen molar-refractivity contribution in [3.63, 3.8) is 0 Å². The van der Waals surface area contributed by atoms with Crippen molar-refractivity contribution in [1.29, 1.82) is 0 Å². The molecule has 0 aromatic carbocycles. The quantitative estimate of drug-likeness (QED) is 0.607. The van der Waals surface area contributed by atoms with Gasteiger partial charge in [0.15, 0.2) is 0 Å². The van der Waals surface area contributed by atoms with E-state index in [9.17, 15) is 8.42 Å². The average molecular weight is 278 g/mol. The molecule has 0 bridgehead atoms. The molecule has 0 fully saturated rings. The van der Waals surface area contributed by atoms with E-state index in [-0.39, 0.29) is 0 Å². The lowest BCUT2D eigenvalue weighted by atomic mass is 9.93. The largest absolute Gasteiger partial charge is 0.285 e. The lowest BCUT2D eigenvalue weighted by Crippen LogP contribution is -2.17. The molecule has 0 heterocycles. The van der Waals surface area contributed by atoms with Gasteiger partial charge < -0.3 is 0 Å². The summed E-state index contributed by atoms with van der Waals surface area (Å²) in [5.41, 5.74) is 0. The second kappa shape index (κ2) is 8.92. The van der Waals surface area contributed by atoms with Gasteiger partial charge in [-0.1, -0.05) is 52.9 Å². The first-order chi connectivity index (χ1) is 8.27. The van der Waals surface area contributed by atoms with E-state index in [1.54, 1.807) is 6.92 Å². The van der Waals surface area contributed by atoms with Gasteiger partial charge in [0.05, 0.1) is 5.25 Å². The Labute approximate surface area is 113 Å². The summed E-state index contributed by atoms with van der Waals surface area (Å²) in [6.07, 6.45) is 7.64. The molecule has 3 atom stereocenters. The minimum absolute atomic E-state index is 0.544. The maximum absolute atomic E-state index is 10.9. The highest BCUT2D eigenvalue weighted by Crippen LogP contribution is 2.20. The molecule has 3 unspecified atom stereocenters. The predicted molar refractivity (Wildman–Crippen MR) is 77.3 cm³/mol. The predicted octanol–water partition coefficient (Wildman–Crippen LogP) is 4.29. The van der Waals surface area contributed by atoms with Crippen LogP contribution in [0, 0.1) is 11.8 Å². The minimum Gasteiger partial charge on any atom is -0.285 e. The molecule has 110 valence electrons. The standard InChI is InChI=1S/C14H30O3S/c1-5-7-12(2)8-6-9-13(3)10-11-14(4)18(15,16)17/h12-14H,5-11H2,1-4H3,(H,15,16,17). The highest BCUT2D eigenvalue weighted by molar-refractivity contribution is 7.86. The van der Waals surface area contributed by atoms with Crippen molar-refractivity contribution in [2.75, 3.05) is 0 Å². The molecule has 3 nitrogen and oxygen atoms in total. The van der Waals surface area contributed by atoms with Crippen LogP contribution in [0.5, 0.6) is 0 Å². The van der Waals surface area contributed by atoms with Gasteiger partial charge in [-0.3, -0.25) is 4.55 Å². The normalized spacial score (nSPS) is 17.4. The van der Waals surface area contributed by atoms with Crippen LogP contribution in [0.25, 0.3) is 0 Å². The second-order valence-corrected chi connectivity index (χ2v) is 7.67. The minimum atomic E-state index is -3.84. The summed E-state index contributed by atoms with van der Waals surface area (Å²) < 4.78 is 30.6. The van der Waals surface area contributed by atoms with E-state index in [4.69, 9.17) is 4.55 Å². The van der Waals surface area contributed by atoms with Gasteiger partial charge >= 0.3 is 0 Å². The van der Waals surface area contributed by atoms with Gasteiger partial charge in [0.2, 0.25) is 0 Å². The SMILES string of the molecule is CCCC(C)CCCC(C)CCC(C)S(=O)(=O)O. The van der Waals surface area contributed by atoms with E-state index < -0.39 is 15.4 Å². The number of rotatable bonds is 10. The van der Waals surface area contributed by atoms with Crippen LogP contribution in [-0.4, -0.2) is 18.2 Å². The molecule has 0 saturated carbocycles. The molecule has 0 aromatic heterocycles. The summed E-state index contributed by atoms with van der Waals surface area (Å²) >= 11 is 0. The van der Waals surface area contributed by atoms with Crippen LogP contribution in [0.3, 0.4) is 0 Å². The van der Waals surface area contributed by atoms with Crippen LogP contribution in [0.2, 0.25) is 0 Å². The van der Waals surface area contributed by atoms with Gasteiger partial charge in [-0.2, -0.15) is 8.42 Å². The third-order valence-corrected chi connectivity index (χ3v) is 5.00. The topological polar surface area (TPSA) is 54.4 Å². The van der Waals surface area contributed by atoms with Crippen LogP contribution in [0.15, 0.2) is 0 Å². The second-order valence-electron chi connectivity index (χ2n) is 5.83. The Morgan fingerprint density at radius 3 is 1.83 bits per heavy atom. The zero-order valence-electron chi connectivity index (χ0n) is 12.4. The summed E-state index contributed by atoms with van der Waals surface area (Å²) in [5.74, 6) is 1.35. The van der Waals surface area contributed by atoms with Crippen molar-refractivity contribution in [2.24, 2.45) is 11.8 Å². The molecule has 0 amide bonds. The Balaban J connectivity index is 3.69. The fourth-order valence-electron chi connectivity index (χ4n) is 2.26. The van der Waals surface area contributed by atoms with Crippen molar-refractivity contribution in [2.45, 2.75) is 77.9 Å². The summed E-state index contributed by atoms with van der Waals surface area (Å²) in [6.45, 7) is 8.26. The molecule has 0 aliphatic heterocycles. The lowest BCUT2D eigenvalue weighted by Gasteiger charge is -2.15. The van der Waals surface area contributed by atoms with Crippen molar-refractivity contribution < 1.29 is 13.0 Å². The van der Waals surface area contributed by atoms with E-state index in [2.05, 4.69) is 20.8 Å². The number of hydrogen-bond donors (Lipinski definition) is 1. The average Bonchev–Trinajstić information content (AvgIpc) is 2.24. The molecule has 0 spiro atoms. The third kappa shape index (κ3) is 8.92. The molecule has 0 aliphatic rings. The fourth-order valence-corrected chi connectivity index (χ4v) is 2.70. The van der Waals surface area contributed by atoms with Crippen molar-refractivity contribution in [3.8, 4) is 0 Å². The molecule has 0 radical (unpaired) electrons. The van der Waals surface area contributed by atoms with E-state index in [0.717, 1.165) is 18.8 Å². The highest BCUT2D eigenvalue weighted by Gasteiger charge is 2.17. The smallest absolute Gasteiger partial charge is 0.267 e. The zero-order chi connectivity index (χ0) is 14.2. The first-order valence-electron chi connectivity index (χ1n) is 7.23. The van der Waals surface area contributed by atoms with Crippen LogP contribution >= 0.6 is 0 Å². The van der Waals surface area contributed by atoms with Gasteiger partial charge in [-0.15, -0.1) is 0 Å². The molecule has 0 rings (SSSR count). The van der Waals surface area contributed by atoms with Gasteiger partial charge in [-0.05, 0) is 31.6 Å². The van der Waals surface area contributed by atoms with E-state index in [1.165, 1.54) is 25.7 Å². The Morgan fingerprint density at radius 2 is 1.39 bits per heavy atom. The first kappa shape index (κ1) is 17.9. The third-order valence-electron chi connectivity index (χ3n) is 3.75. The van der Waals surface area contributed by atoms with Gasteiger partial charge in [0, 0.05) is 0 Å². The Bertz CT molecular complexity index is 298. The summed E-state index contributed by atoms with van der Waals surface area (Å²) in [5, 5.41) is -0.626. The Hall–Kier alpha value is -0.0900. The fraction of sp³-hybridized carbons (Fsp3) is 1.00. The van der Waals surface area contributed by atoms with E-state index >= 15 is 0 Å². The van der Waals surface area contributed by atoms with E-state index in [1.807, 2.05) is 0 Å². The van der Waals surface area contributed by atoms with Crippen molar-refractivity contribution in [1.82, 2.24) is 0 Å². The van der Waals surface area contributed by atoms with Crippen LogP contribution < -0.4 is 0 Å².